The molecular weight excluding hydrogens is 241 g/mol. The average Bonchev–Trinajstić information content (AvgIpc) is 2.32. The van der Waals surface area contributed by atoms with Crippen molar-refractivity contribution < 1.29 is 4.39 Å². The Kier molecular flexibility index (Phi) is 3.54. The lowest BCUT2D eigenvalue weighted by molar-refractivity contribution is 0.621. The molecule has 0 aliphatic carbocycles. The molecule has 5 heteroatoms. The molecule has 88 valence electrons. The van der Waals surface area contributed by atoms with Crippen LogP contribution in [0, 0.1) is 5.82 Å². The van der Waals surface area contributed by atoms with Crippen LogP contribution in [0.1, 0.15) is 5.69 Å². The molecule has 0 atom stereocenters. The Morgan fingerprint density at radius 1 is 1.24 bits per heavy atom. The molecule has 0 amide bonds. The van der Waals surface area contributed by atoms with Crippen LogP contribution in [0.3, 0.4) is 0 Å². The number of hydrogen-bond acceptors (Lipinski definition) is 3. The fourth-order valence-electron chi connectivity index (χ4n) is 1.51. The van der Waals surface area contributed by atoms with Gasteiger partial charge in [0, 0.05) is 7.05 Å². The maximum Gasteiger partial charge on any atom is 0.147 e. The Bertz CT molecular complexity index is 501. The second-order valence-electron chi connectivity index (χ2n) is 3.64. The Morgan fingerprint density at radius 2 is 2.00 bits per heavy atom. The summed E-state index contributed by atoms with van der Waals surface area (Å²) >= 11 is 5.64. The smallest absolute Gasteiger partial charge is 0.147 e. The molecule has 1 aromatic heterocycles. The van der Waals surface area contributed by atoms with Gasteiger partial charge >= 0.3 is 0 Å². The lowest BCUT2D eigenvalue weighted by atomic mass is 10.2. The topological polar surface area (TPSA) is 29.0 Å². The highest BCUT2D eigenvalue weighted by molar-refractivity contribution is 6.29. The highest BCUT2D eigenvalue weighted by Crippen LogP contribution is 2.18. The molecule has 0 aliphatic heterocycles. The van der Waals surface area contributed by atoms with Crippen LogP contribution < -0.4 is 4.90 Å². The first kappa shape index (κ1) is 11.8. The zero-order chi connectivity index (χ0) is 12.3. The monoisotopic (exact) mass is 251 g/mol. The third-order valence-electron chi connectivity index (χ3n) is 2.34. The number of rotatable bonds is 3. The average molecular weight is 252 g/mol. The number of anilines is 1. The van der Waals surface area contributed by atoms with Crippen LogP contribution in [0.4, 0.5) is 10.1 Å². The molecule has 0 saturated heterocycles. The first-order valence-electron chi connectivity index (χ1n) is 5.09. The summed E-state index contributed by atoms with van der Waals surface area (Å²) in [7, 11) is 1.80. The van der Waals surface area contributed by atoms with E-state index in [4.69, 9.17) is 11.6 Å². The standard InChI is InChI=1S/C12H11ClFN3/c1-17(11-5-3-2-4-10(11)14)8-9-6-16-12(13)7-15-9/h2-7H,8H2,1H3. The maximum atomic E-state index is 13.5. The minimum Gasteiger partial charge on any atom is -0.366 e. The molecule has 0 fully saturated rings. The second-order valence-corrected chi connectivity index (χ2v) is 4.03. The first-order valence-corrected chi connectivity index (χ1v) is 5.46. The van der Waals surface area contributed by atoms with E-state index in [1.807, 2.05) is 0 Å². The number of nitrogens with zero attached hydrogens (tertiary/aromatic N) is 3. The Hall–Kier alpha value is -1.68. The first-order chi connectivity index (χ1) is 8.16. The van der Waals surface area contributed by atoms with Crippen LogP contribution in [0.25, 0.3) is 0 Å². The van der Waals surface area contributed by atoms with Crippen LogP contribution in [0.2, 0.25) is 5.15 Å². The van der Waals surface area contributed by atoms with E-state index >= 15 is 0 Å². The largest absolute Gasteiger partial charge is 0.366 e. The molecule has 17 heavy (non-hydrogen) atoms. The predicted molar refractivity (Wildman–Crippen MR) is 65.5 cm³/mol. The van der Waals surface area contributed by atoms with Crippen LogP contribution in [-0.2, 0) is 6.54 Å². The lowest BCUT2D eigenvalue weighted by Crippen LogP contribution is -2.18. The van der Waals surface area contributed by atoms with Gasteiger partial charge in [-0.25, -0.2) is 9.37 Å². The number of hydrogen-bond donors (Lipinski definition) is 0. The Labute approximate surface area is 104 Å². The third kappa shape index (κ3) is 2.91. The molecule has 2 rings (SSSR count). The predicted octanol–water partition coefficient (Wildman–Crippen LogP) is 2.91. The van der Waals surface area contributed by atoms with Gasteiger partial charge in [-0.15, -0.1) is 0 Å². The van der Waals surface area contributed by atoms with Crippen molar-refractivity contribution in [2.75, 3.05) is 11.9 Å². The zero-order valence-electron chi connectivity index (χ0n) is 9.27. The summed E-state index contributed by atoms with van der Waals surface area (Å²) in [6.07, 6.45) is 3.06. The molecule has 0 unspecified atom stereocenters. The van der Waals surface area contributed by atoms with E-state index in [9.17, 15) is 4.39 Å². The fourth-order valence-corrected chi connectivity index (χ4v) is 1.61. The lowest BCUT2D eigenvalue weighted by Gasteiger charge is -2.19. The summed E-state index contributed by atoms with van der Waals surface area (Å²) in [6.45, 7) is 0.477. The van der Waals surface area contributed by atoms with Crippen molar-refractivity contribution in [3.8, 4) is 0 Å². The molecule has 0 saturated carbocycles. The Balaban J connectivity index is 2.14. The quantitative estimate of drug-likeness (QED) is 0.840. The van der Waals surface area contributed by atoms with Crippen LogP contribution in [0.15, 0.2) is 36.7 Å². The normalized spacial score (nSPS) is 10.3. The summed E-state index contributed by atoms with van der Waals surface area (Å²) in [5, 5.41) is 0.349. The summed E-state index contributed by atoms with van der Waals surface area (Å²) in [5.41, 5.74) is 1.27. The highest BCUT2D eigenvalue weighted by Gasteiger charge is 2.07. The van der Waals surface area contributed by atoms with Gasteiger partial charge in [-0.2, -0.15) is 0 Å². The van der Waals surface area contributed by atoms with Gasteiger partial charge in [-0.1, -0.05) is 23.7 Å². The van der Waals surface area contributed by atoms with Gasteiger partial charge in [0.1, 0.15) is 11.0 Å². The molecule has 0 spiro atoms. The molecule has 1 aromatic carbocycles. The van der Waals surface area contributed by atoms with Crippen molar-refractivity contribution in [2.45, 2.75) is 6.54 Å². The van der Waals surface area contributed by atoms with Crippen molar-refractivity contribution in [1.29, 1.82) is 0 Å². The van der Waals surface area contributed by atoms with Crippen molar-refractivity contribution >= 4 is 17.3 Å². The number of aromatic nitrogens is 2. The van der Waals surface area contributed by atoms with Crippen molar-refractivity contribution in [3.05, 3.63) is 53.3 Å². The van der Waals surface area contributed by atoms with Crippen LogP contribution >= 0.6 is 11.6 Å². The second kappa shape index (κ2) is 5.10. The molecule has 0 N–H and O–H groups in total. The molecule has 1 heterocycles. The van der Waals surface area contributed by atoms with Crippen molar-refractivity contribution in [2.24, 2.45) is 0 Å². The van der Waals surface area contributed by atoms with Crippen LogP contribution in [-0.4, -0.2) is 17.0 Å². The molecule has 0 aliphatic rings. The Morgan fingerprint density at radius 3 is 2.65 bits per heavy atom. The summed E-state index contributed by atoms with van der Waals surface area (Å²) < 4.78 is 13.5. The molecular formula is C12H11ClFN3. The van der Waals surface area contributed by atoms with Gasteiger partial charge in [0.15, 0.2) is 0 Å². The van der Waals surface area contributed by atoms with Gasteiger partial charge in [0.25, 0.3) is 0 Å². The minimum atomic E-state index is -0.253. The maximum absolute atomic E-state index is 13.5. The van der Waals surface area contributed by atoms with E-state index < -0.39 is 0 Å². The molecule has 3 nitrogen and oxygen atoms in total. The van der Waals surface area contributed by atoms with E-state index in [2.05, 4.69) is 9.97 Å². The van der Waals surface area contributed by atoms with Gasteiger partial charge < -0.3 is 4.90 Å². The van der Waals surface area contributed by atoms with Gasteiger partial charge in [0.05, 0.1) is 30.3 Å². The molecule has 0 bridgehead atoms. The summed E-state index contributed by atoms with van der Waals surface area (Å²) in [5.74, 6) is -0.253. The van der Waals surface area contributed by atoms with E-state index in [1.54, 1.807) is 36.3 Å². The van der Waals surface area contributed by atoms with Crippen molar-refractivity contribution in [3.63, 3.8) is 0 Å². The number of benzene rings is 1. The summed E-state index contributed by atoms with van der Waals surface area (Å²) in [6, 6.07) is 6.61. The molecule has 0 radical (unpaired) electrons. The minimum absolute atomic E-state index is 0.253. The van der Waals surface area contributed by atoms with Gasteiger partial charge in [-0.3, -0.25) is 4.98 Å². The molecule has 2 aromatic rings. The SMILES string of the molecule is CN(Cc1cnc(Cl)cn1)c1ccccc1F. The number of halogens is 2. The van der Waals surface area contributed by atoms with Gasteiger partial charge in [-0.05, 0) is 12.1 Å². The fraction of sp³-hybridized carbons (Fsp3) is 0.167. The van der Waals surface area contributed by atoms with Crippen molar-refractivity contribution in [1.82, 2.24) is 9.97 Å². The van der Waals surface area contributed by atoms with Gasteiger partial charge in [0.2, 0.25) is 0 Å². The van der Waals surface area contributed by atoms with E-state index in [-0.39, 0.29) is 5.82 Å². The number of para-hydroxylation sites is 1. The highest BCUT2D eigenvalue weighted by atomic mass is 35.5. The zero-order valence-corrected chi connectivity index (χ0v) is 10.0. The van der Waals surface area contributed by atoms with Crippen LogP contribution in [0.5, 0.6) is 0 Å². The van der Waals surface area contributed by atoms with E-state index in [0.29, 0.717) is 17.4 Å². The van der Waals surface area contributed by atoms with E-state index in [0.717, 1.165) is 5.69 Å². The summed E-state index contributed by atoms with van der Waals surface area (Å²) in [4.78, 5) is 9.82. The van der Waals surface area contributed by atoms with E-state index in [1.165, 1.54) is 12.3 Å². The third-order valence-corrected chi connectivity index (χ3v) is 2.53.